The molecule has 0 fully saturated rings. The summed E-state index contributed by atoms with van der Waals surface area (Å²) in [7, 11) is 1.49. The van der Waals surface area contributed by atoms with Crippen LogP contribution in [0.4, 0.5) is 0 Å². The van der Waals surface area contributed by atoms with E-state index in [1.807, 2.05) is 0 Å². The number of cyclic esters (lactones) is 1. The summed E-state index contributed by atoms with van der Waals surface area (Å²) in [5.41, 5.74) is -0.875. The van der Waals surface area contributed by atoms with E-state index in [2.05, 4.69) is 0 Å². The minimum absolute atomic E-state index is 0.0412. The monoisotopic (exact) mass is 326 g/mol. The molecule has 0 unspecified atom stereocenters. The van der Waals surface area contributed by atoms with Crippen LogP contribution in [-0.4, -0.2) is 55.9 Å². The van der Waals surface area contributed by atoms with Gasteiger partial charge in [0.25, 0.3) is 0 Å². The number of hydrogen-bond donors (Lipinski definition) is 1. The number of carbonyl (C=O) groups is 2. The van der Waals surface area contributed by atoms with Crippen LogP contribution < -0.4 is 0 Å². The molecule has 128 valence electrons. The molecule has 1 N–H and O–H groups in total. The van der Waals surface area contributed by atoms with Gasteiger partial charge in [-0.3, -0.25) is 4.79 Å². The van der Waals surface area contributed by atoms with Crippen molar-refractivity contribution in [2.75, 3.05) is 27.1 Å². The molecule has 1 heterocycles. The predicted octanol–water partition coefficient (Wildman–Crippen LogP) is 0.719. The number of aliphatic hydroxyl groups is 1. The van der Waals surface area contributed by atoms with Gasteiger partial charge in [0.05, 0.1) is 18.3 Å². The lowest BCUT2D eigenvalue weighted by Crippen LogP contribution is -2.51. The molecular weight excluding hydrogens is 304 g/mol. The van der Waals surface area contributed by atoms with Crippen molar-refractivity contribution in [1.29, 1.82) is 0 Å². The molecular formula is C16H22O7. The average molecular weight is 326 g/mol. The Morgan fingerprint density at radius 3 is 2.83 bits per heavy atom. The molecule has 2 aliphatic rings. The molecule has 2 rings (SSSR count). The van der Waals surface area contributed by atoms with Gasteiger partial charge in [-0.05, 0) is 25.5 Å². The van der Waals surface area contributed by atoms with Gasteiger partial charge in [-0.1, -0.05) is 6.08 Å². The van der Waals surface area contributed by atoms with E-state index >= 15 is 0 Å². The summed E-state index contributed by atoms with van der Waals surface area (Å²) in [6.45, 7) is 3.79. The number of hydrogen-bond acceptors (Lipinski definition) is 7. The van der Waals surface area contributed by atoms with E-state index in [0.29, 0.717) is 0 Å². The number of methoxy groups -OCH3 is 1. The van der Waals surface area contributed by atoms with Gasteiger partial charge in [-0.15, -0.1) is 0 Å². The van der Waals surface area contributed by atoms with Crippen LogP contribution in [0.3, 0.4) is 0 Å². The lowest BCUT2D eigenvalue weighted by Gasteiger charge is -2.40. The third-order valence-electron chi connectivity index (χ3n) is 4.06. The predicted molar refractivity (Wildman–Crippen MR) is 79.2 cm³/mol. The SMILES string of the molecule is CCOC(=O)[C@@H]1C=C(C)[C@@H](OCOC)C[C@@]1(O)C1=CCOC1=O. The maximum Gasteiger partial charge on any atom is 0.337 e. The van der Waals surface area contributed by atoms with E-state index in [9.17, 15) is 14.7 Å². The number of carbonyl (C=O) groups excluding carboxylic acids is 2. The van der Waals surface area contributed by atoms with E-state index in [1.54, 1.807) is 19.9 Å². The van der Waals surface area contributed by atoms with Crippen LogP contribution in [-0.2, 0) is 28.5 Å². The lowest BCUT2D eigenvalue weighted by molar-refractivity contribution is -0.158. The maximum atomic E-state index is 12.3. The highest BCUT2D eigenvalue weighted by Gasteiger charge is 2.52. The Morgan fingerprint density at radius 1 is 1.52 bits per heavy atom. The molecule has 0 spiro atoms. The fraction of sp³-hybridized carbons (Fsp3) is 0.625. The molecule has 0 aromatic carbocycles. The van der Waals surface area contributed by atoms with Crippen LogP contribution >= 0.6 is 0 Å². The number of rotatable bonds is 6. The first-order valence-electron chi connectivity index (χ1n) is 7.49. The van der Waals surface area contributed by atoms with Gasteiger partial charge in [0.1, 0.15) is 24.9 Å². The normalized spacial score (nSPS) is 30.5. The summed E-state index contributed by atoms with van der Waals surface area (Å²) in [6.07, 6.45) is 2.66. The molecule has 7 nitrogen and oxygen atoms in total. The fourth-order valence-electron chi connectivity index (χ4n) is 2.91. The molecule has 1 aliphatic carbocycles. The second-order valence-corrected chi connectivity index (χ2v) is 5.55. The Balaban J connectivity index is 2.37. The summed E-state index contributed by atoms with van der Waals surface area (Å²) >= 11 is 0. The van der Waals surface area contributed by atoms with Crippen molar-refractivity contribution in [2.24, 2.45) is 5.92 Å². The standard InChI is InChI=1S/C16H22O7/c1-4-21-15(18)12-7-10(2)13(23-9-20-3)8-16(12,19)11-5-6-22-14(11)17/h5,7,12-13,19H,4,6,8-9H2,1-3H3/t12-,13-,16+/m0/s1. The van der Waals surface area contributed by atoms with Gasteiger partial charge in [0.15, 0.2) is 0 Å². The highest BCUT2D eigenvalue weighted by molar-refractivity contribution is 5.94. The Labute approximate surface area is 134 Å². The second-order valence-electron chi connectivity index (χ2n) is 5.55. The first kappa shape index (κ1) is 17.7. The molecule has 3 atom stereocenters. The molecule has 0 bridgehead atoms. The van der Waals surface area contributed by atoms with Crippen LogP contribution in [0.25, 0.3) is 0 Å². The minimum Gasteiger partial charge on any atom is -0.465 e. The molecule has 23 heavy (non-hydrogen) atoms. The van der Waals surface area contributed by atoms with Gasteiger partial charge in [0, 0.05) is 13.5 Å². The van der Waals surface area contributed by atoms with Crippen LogP contribution in [0.2, 0.25) is 0 Å². The third kappa shape index (κ3) is 3.46. The van der Waals surface area contributed by atoms with Crippen molar-refractivity contribution in [2.45, 2.75) is 32.0 Å². The van der Waals surface area contributed by atoms with E-state index in [0.717, 1.165) is 5.57 Å². The van der Waals surface area contributed by atoms with Gasteiger partial charge < -0.3 is 24.1 Å². The zero-order valence-electron chi connectivity index (χ0n) is 13.5. The molecule has 0 radical (unpaired) electrons. The van der Waals surface area contributed by atoms with Gasteiger partial charge in [-0.2, -0.15) is 0 Å². The summed E-state index contributed by atoms with van der Waals surface area (Å²) in [6, 6.07) is 0. The van der Waals surface area contributed by atoms with Gasteiger partial charge >= 0.3 is 11.9 Å². The zero-order chi connectivity index (χ0) is 17.0. The first-order valence-corrected chi connectivity index (χ1v) is 7.49. The van der Waals surface area contributed by atoms with E-state index in [1.165, 1.54) is 13.2 Å². The lowest BCUT2D eigenvalue weighted by atomic mass is 9.71. The number of ether oxygens (including phenoxy) is 4. The topological polar surface area (TPSA) is 91.3 Å². The van der Waals surface area contributed by atoms with Crippen molar-refractivity contribution < 1.29 is 33.6 Å². The van der Waals surface area contributed by atoms with Crippen molar-refractivity contribution in [3.05, 3.63) is 23.3 Å². The average Bonchev–Trinajstić information content (AvgIpc) is 2.95. The van der Waals surface area contributed by atoms with Crippen molar-refractivity contribution in [3.63, 3.8) is 0 Å². The molecule has 0 saturated carbocycles. The van der Waals surface area contributed by atoms with Crippen molar-refractivity contribution >= 4 is 11.9 Å². The molecule has 0 aromatic heterocycles. The molecule has 7 heteroatoms. The highest BCUT2D eigenvalue weighted by atomic mass is 16.7. The summed E-state index contributed by atoms with van der Waals surface area (Å²) in [5.74, 6) is -2.19. The summed E-state index contributed by atoms with van der Waals surface area (Å²) in [5, 5.41) is 11.2. The van der Waals surface area contributed by atoms with Crippen molar-refractivity contribution in [1.82, 2.24) is 0 Å². The Hall–Kier alpha value is -1.70. The Kier molecular flexibility index (Phi) is 5.56. The van der Waals surface area contributed by atoms with Crippen molar-refractivity contribution in [3.8, 4) is 0 Å². The Bertz CT molecular complexity index is 537. The first-order chi connectivity index (χ1) is 10.9. The third-order valence-corrected chi connectivity index (χ3v) is 4.06. The second kappa shape index (κ2) is 7.25. The van der Waals surface area contributed by atoms with Gasteiger partial charge in [0.2, 0.25) is 0 Å². The van der Waals surface area contributed by atoms with Crippen LogP contribution in [0.15, 0.2) is 23.3 Å². The minimum atomic E-state index is -1.72. The summed E-state index contributed by atoms with van der Waals surface area (Å²) < 4.78 is 20.4. The van der Waals surface area contributed by atoms with E-state index in [-0.39, 0.29) is 32.0 Å². The smallest absolute Gasteiger partial charge is 0.337 e. The van der Waals surface area contributed by atoms with Crippen LogP contribution in [0, 0.1) is 5.92 Å². The van der Waals surface area contributed by atoms with Gasteiger partial charge in [-0.25, -0.2) is 4.79 Å². The molecule has 0 saturated heterocycles. The Morgan fingerprint density at radius 2 is 2.26 bits per heavy atom. The van der Waals surface area contributed by atoms with Crippen LogP contribution in [0.5, 0.6) is 0 Å². The summed E-state index contributed by atoms with van der Waals surface area (Å²) in [4.78, 5) is 24.2. The largest absolute Gasteiger partial charge is 0.465 e. The maximum absolute atomic E-state index is 12.3. The zero-order valence-corrected chi connectivity index (χ0v) is 13.5. The molecule has 0 aromatic rings. The van der Waals surface area contributed by atoms with E-state index in [4.69, 9.17) is 18.9 Å². The fourth-order valence-corrected chi connectivity index (χ4v) is 2.91. The number of esters is 2. The molecule has 0 amide bonds. The molecule has 1 aliphatic heterocycles. The van der Waals surface area contributed by atoms with Crippen LogP contribution in [0.1, 0.15) is 20.3 Å². The van der Waals surface area contributed by atoms with E-state index < -0.39 is 29.6 Å². The quantitative estimate of drug-likeness (QED) is 0.437. The highest BCUT2D eigenvalue weighted by Crippen LogP contribution is 2.41.